The van der Waals surface area contributed by atoms with Crippen LogP contribution in [0.5, 0.6) is 0 Å². The van der Waals surface area contributed by atoms with E-state index >= 15 is 0 Å². The molecule has 1 aliphatic carbocycles. The van der Waals surface area contributed by atoms with Crippen LogP contribution < -0.4 is 5.32 Å². The summed E-state index contributed by atoms with van der Waals surface area (Å²) in [6.45, 7) is 1.90. The molecule has 3 heterocycles. The number of carbonyl (C=O) groups excluding carboxylic acids is 1. The van der Waals surface area contributed by atoms with Crippen LogP contribution in [0.15, 0.2) is 40.9 Å². The van der Waals surface area contributed by atoms with Gasteiger partial charge in [-0.3, -0.25) is 9.78 Å². The molecular weight excluding hydrogens is 342 g/mol. The van der Waals surface area contributed by atoms with E-state index in [4.69, 9.17) is 4.42 Å². The van der Waals surface area contributed by atoms with Gasteiger partial charge in [-0.15, -0.1) is 5.10 Å². The number of amides is 1. The van der Waals surface area contributed by atoms with Gasteiger partial charge in [0.05, 0.1) is 12.1 Å². The number of likely N-dealkylation sites (tertiary alicyclic amines) is 1. The Morgan fingerprint density at radius 1 is 1.15 bits per heavy atom. The van der Waals surface area contributed by atoms with Crippen LogP contribution in [0.1, 0.15) is 25.7 Å². The Balaban J connectivity index is 1.22. The topological polar surface area (TPSA) is 84.2 Å². The second kappa shape index (κ2) is 6.33. The first-order chi connectivity index (χ1) is 13.2. The number of aromatic nitrogens is 3. The van der Waals surface area contributed by atoms with Gasteiger partial charge in [-0.2, -0.15) is 0 Å². The molecule has 138 valence electrons. The summed E-state index contributed by atoms with van der Waals surface area (Å²) in [6.07, 6.45) is 6.72. The minimum Gasteiger partial charge on any atom is -0.403 e. The largest absolute Gasteiger partial charge is 0.403 e. The molecule has 2 fully saturated rings. The van der Waals surface area contributed by atoms with Crippen molar-refractivity contribution in [3.63, 3.8) is 0 Å². The van der Waals surface area contributed by atoms with E-state index in [0.717, 1.165) is 42.4 Å². The molecule has 0 atom stereocenters. The van der Waals surface area contributed by atoms with Crippen molar-refractivity contribution in [2.75, 3.05) is 25.0 Å². The second-order valence-electron chi connectivity index (χ2n) is 7.56. The van der Waals surface area contributed by atoms with E-state index in [2.05, 4.69) is 20.5 Å². The van der Waals surface area contributed by atoms with Gasteiger partial charge in [-0.05, 0) is 55.4 Å². The number of rotatable bonds is 4. The van der Waals surface area contributed by atoms with E-state index in [-0.39, 0.29) is 18.5 Å². The van der Waals surface area contributed by atoms with Crippen molar-refractivity contribution in [3.05, 3.63) is 36.5 Å². The Bertz CT molecular complexity index is 985. The maximum atomic E-state index is 12.4. The second-order valence-corrected chi connectivity index (χ2v) is 7.56. The molecule has 0 radical (unpaired) electrons. The maximum Gasteiger partial charge on any atom is 0.316 e. The van der Waals surface area contributed by atoms with Crippen LogP contribution in [-0.4, -0.2) is 45.6 Å². The van der Waals surface area contributed by atoms with Crippen molar-refractivity contribution in [3.8, 4) is 11.5 Å². The number of anilines is 1. The number of nitrogens with zero attached hydrogens (tertiary/aromatic N) is 4. The van der Waals surface area contributed by atoms with Crippen LogP contribution in [0.2, 0.25) is 0 Å². The summed E-state index contributed by atoms with van der Waals surface area (Å²) in [5, 5.41) is 12.1. The third-order valence-corrected chi connectivity index (χ3v) is 5.80. The zero-order valence-corrected chi connectivity index (χ0v) is 15.0. The quantitative estimate of drug-likeness (QED) is 0.767. The highest BCUT2D eigenvalue weighted by molar-refractivity contribution is 5.83. The van der Waals surface area contributed by atoms with Gasteiger partial charge in [-0.1, -0.05) is 11.2 Å². The predicted molar refractivity (Wildman–Crippen MR) is 101 cm³/mol. The molecular formula is C20H21N5O2. The first-order valence-corrected chi connectivity index (χ1v) is 9.41. The van der Waals surface area contributed by atoms with Crippen molar-refractivity contribution >= 4 is 22.8 Å². The molecule has 1 aliphatic heterocycles. The van der Waals surface area contributed by atoms with Gasteiger partial charge in [-0.25, -0.2) is 0 Å². The molecule has 3 aromatic rings. The number of benzene rings is 1. The Kier molecular flexibility index (Phi) is 3.81. The lowest BCUT2D eigenvalue weighted by atomic mass is 9.94. The molecule has 7 nitrogen and oxygen atoms in total. The van der Waals surface area contributed by atoms with Gasteiger partial charge in [0.15, 0.2) is 0 Å². The smallest absolute Gasteiger partial charge is 0.316 e. The summed E-state index contributed by atoms with van der Waals surface area (Å²) in [5.74, 6) is 0.506. The fourth-order valence-corrected chi connectivity index (χ4v) is 3.79. The van der Waals surface area contributed by atoms with Crippen LogP contribution in [0.4, 0.5) is 6.01 Å². The Morgan fingerprint density at radius 3 is 2.81 bits per heavy atom. The number of fused-ring (bicyclic) bond motifs is 1. The molecule has 7 heteroatoms. The third-order valence-electron chi connectivity index (χ3n) is 5.80. The van der Waals surface area contributed by atoms with Gasteiger partial charge in [0.1, 0.15) is 0 Å². The van der Waals surface area contributed by atoms with Crippen LogP contribution in [0.3, 0.4) is 0 Å². The fourth-order valence-electron chi connectivity index (χ4n) is 3.79. The number of carbonyl (C=O) groups is 1. The van der Waals surface area contributed by atoms with Crippen molar-refractivity contribution in [2.45, 2.75) is 25.7 Å². The molecule has 0 unspecified atom stereocenters. The lowest BCUT2D eigenvalue weighted by molar-refractivity contribution is -0.130. The lowest BCUT2D eigenvalue weighted by Crippen LogP contribution is -2.41. The highest BCUT2D eigenvalue weighted by Crippen LogP contribution is 2.53. The van der Waals surface area contributed by atoms with Crippen molar-refractivity contribution in [1.29, 1.82) is 0 Å². The minimum absolute atomic E-state index is 0.0852. The standard InChI is InChI=1S/C20H21N5O2/c26-17(25-10-7-20(5-6-20)8-11-25)13-22-19-24-23-18(27-19)15-3-4-16-14(12-15)2-1-9-21-16/h1-4,9,12H,5-8,10-11,13H2,(H,22,24). The average Bonchev–Trinajstić information content (AvgIpc) is 3.29. The number of hydrogen-bond donors (Lipinski definition) is 1. The van der Waals surface area contributed by atoms with E-state index < -0.39 is 0 Å². The molecule has 2 aromatic heterocycles. The van der Waals surface area contributed by atoms with Crippen LogP contribution in [0, 0.1) is 5.41 Å². The van der Waals surface area contributed by atoms with E-state index in [1.165, 1.54) is 12.8 Å². The molecule has 2 aliphatic rings. The lowest BCUT2D eigenvalue weighted by Gasteiger charge is -2.32. The summed E-state index contributed by atoms with van der Waals surface area (Å²) in [6, 6.07) is 9.94. The summed E-state index contributed by atoms with van der Waals surface area (Å²) < 4.78 is 5.67. The molecule has 27 heavy (non-hydrogen) atoms. The summed E-state index contributed by atoms with van der Waals surface area (Å²) >= 11 is 0. The van der Waals surface area contributed by atoms with E-state index in [0.29, 0.717) is 11.3 Å². The van der Waals surface area contributed by atoms with E-state index in [1.54, 1.807) is 6.20 Å². The third kappa shape index (κ3) is 3.25. The van der Waals surface area contributed by atoms with Crippen molar-refractivity contribution in [1.82, 2.24) is 20.1 Å². The maximum absolute atomic E-state index is 12.4. The number of pyridine rings is 1. The average molecular weight is 363 g/mol. The molecule has 1 saturated carbocycles. The summed E-state index contributed by atoms with van der Waals surface area (Å²) in [4.78, 5) is 18.6. The van der Waals surface area contributed by atoms with E-state index in [1.807, 2.05) is 35.2 Å². The zero-order valence-electron chi connectivity index (χ0n) is 15.0. The first-order valence-electron chi connectivity index (χ1n) is 9.41. The monoisotopic (exact) mass is 363 g/mol. The molecule has 1 amide bonds. The molecule has 5 rings (SSSR count). The molecule has 1 saturated heterocycles. The number of nitrogens with one attached hydrogen (secondary N) is 1. The van der Waals surface area contributed by atoms with Crippen LogP contribution in [-0.2, 0) is 4.79 Å². The van der Waals surface area contributed by atoms with Gasteiger partial charge in [0.2, 0.25) is 11.8 Å². The van der Waals surface area contributed by atoms with Crippen molar-refractivity contribution < 1.29 is 9.21 Å². The Hall–Kier alpha value is -2.96. The van der Waals surface area contributed by atoms with Gasteiger partial charge >= 0.3 is 6.01 Å². The van der Waals surface area contributed by atoms with E-state index in [9.17, 15) is 4.79 Å². The fraction of sp³-hybridized carbons (Fsp3) is 0.400. The summed E-state index contributed by atoms with van der Waals surface area (Å²) in [5.41, 5.74) is 2.31. The number of hydrogen-bond acceptors (Lipinski definition) is 6. The first kappa shape index (κ1) is 16.2. The SMILES string of the molecule is O=C(CNc1nnc(-c2ccc3ncccc3c2)o1)N1CCC2(CC1)CC2. The molecule has 1 aromatic carbocycles. The number of piperidine rings is 1. The van der Waals surface area contributed by atoms with Crippen LogP contribution in [0.25, 0.3) is 22.4 Å². The zero-order chi connectivity index (χ0) is 18.3. The molecule has 0 bridgehead atoms. The predicted octanol–water partition coefficient (Wildman–Crippen LogP) is 3.10. The Labute approximate surface area is 156 Å². The molecule has 1 N–H and O–H groups in total. The minimum atomic E-state index is 0.0852. The van der Waals surface area contributed by atoms with Gasteiger partial charge < -0.3 is 14.6 Å². The normalized spacial score (nSPS) is 18.0. The Morgan fingerprint density at radius 2 is 2.00 bits per heavy atom. The van der Waals surface area contributed by atoms with Crippen LogP contribution >= 0.6 is 0 Å². The van der Waals surface area contributed by atoms with Gasteiger partial charge in [0.25, 0.3) is 0 Å². The molecule has 1 spiro atoms. The van der Waals surface area contributed by atoms with Crippen molar-refractivity contribution in [2.24, 2.45) is 5.41 Å². The highest BCUT2D eigenvalue weighted by atomic mass is 16.4. The summed E-state index contributed by atoms with van der Waals surface area (Å²) in [7, 11) is 0. The highest BCUT2D eigenvalue weighted by Gasteiger charge is 2.44. The van der Waals surface area contributed by atoms with Gasteiger partial charge in [0, 0.05) is 30.2 Å².